The van der Waals surface area contributed by atoms with Crippen molar-refractivity contribution in [1.29, 1.82) is 0 Å². The molecule has 1 aromatic carbocycles. The summed E-state index contributed by atoms with van der Waals surface area (Å²) in [4.78, 5) is 12.6. The summed E-state index contributed by atoms with van der Waals surface area (Å²) < 4.78 is 25.5. The van der Waals surface area contributed by atoms with Crippen LogP contribution in [0.5, 0.6) is 0 Å². The van der Waals surface area contributed by atoms with E-state index in [1.807, 2.05) is 6.92 Å². The Morgan fingerprint density at radius 1 is 1.29 bits per heavy atom. The van der Waals surface area contributed by atoms with Gasteiger partial charge in [-0.25, -0.2) is 8.42 Å². The highest BCUT2D eigenvalue weighted by Crippen LogP contribution is 2.30. The Morgan fingerprint density at radius 3 is 2.54 bits per heavy atom. The first-order valence-electron chi connectivity index (χ1n) is 8.51. The minimum atomic E-state index is -3.21. The number of amides is 1. The predicted molar refractivity (Wildman–Crippen MR) is 94.6 cm³/mol. The van der Waals surface area contributed by atoms with Gasteiger partial charge in [0.1, 0.15) is 0 Å². The van der Waals surface area contributed by atoms with Crippen molar-refractivity contribution < 1.29 is 13.2 Å². The number of rotatable bonds is 4. The van der Waals surface area contributed by atoms with E-state index in [1.54, 1.807) is 18.2 Å². The maximum atomic E-state index is 12.6. The van der Waals surface area contributed by atoms with Gasteiger partial charge in [0.2, 0.25) is 10.0 Å². The van der Waals surface area contributed by atoms with Crippen molar-refractivity contribution in [2.75, 3.05) is 23.1 Å². The van der Waals surface area contributed by atoms with E-state index < -0.39 is 10.0 Å². The van der Waals surface area contributed by atoms with Gasteiger partial charge in [0.15, 0.2) is 0 Å². The van der Waals surface area contributed by atoms with Crippen LogP contribution in [0.25, 0.3) is 0 Å². The number of benzene rings is 1. The molecule has 1 aliphatic carbocycles. The number of nitrogens with two attached hydrogens (primary N) is 1. The molecule has 1 heterocycles. The van der Waals surface area contributed by atoms with Gasteiger partial charge in [0.25, 0.3) is 5.91 Å². The molecule has 2 aliphatic rings. The second kappa shape index (κ2) is 6.37. The van der Waals surface area contributed by atoms with Crippen LogP contribution in [0.4, 0.5) is 5.69 Å². The molecule has 0 spiro atoms. The zero-order valence-corrected chi connectivity index (χ0v) is 14.9. The lowest BCUT2D eigenvalue weighted by Gasteiger charge is -2.29. The molecule has 132 valence electrons. The summed E-state index contributed by atoms with van der Waals surface area (Å²) in [5, 5.41) is 3.11. The first-order valence-corrected chi connectivity index (χ1v) is 10.1. The number of nitrogens with one attached hydrogen (secondary N) is 1. The Balaban J connectivity index is 1.81. The van der Waals surface area contributed by atoms with Gasteiger partial charge >= 0.3 is 0 Å². The molecular formula is C17H25N3O3S. The van der Waals surface area contributed by atoms with Crippen LogP contribution in [0, 0.1) is 6.92 Å². The molecule has 1 aromatic rings. The molecule has 3 rings (SSSR count). The van der Waals surface area contributed by atoms with Crippen molar-refractivity contribution in [2.24, 2.45) is 5.73 Å². The molecular weight excluding hydrogens is 326 g/mol. The third-order valence-corrected chi connectivity index (χ3v) is 7.04. The first kappa shape index (κ1) is 17.2. The number of sulfonamides is 1. The van der Waals surface area contributed by atoms with Crippen LogP contribution in [0.15, 0.2) is 18.2 Å². The first-order chi connectivity index (χ1) is 11.4. The summed E-state index contributed by atoms with van der Waals surface area (Å²) in [5.41, 5.74) is 7.58. The molecule has 7 heteroatoms. The van der Waals surface area contributed by atoms with Gasteiger partial charge in [-0.3, -0.25) is 9.10 Å². The number of aryl methyl sites for hydroxylation is 1. The van der Waals surface area contributed by atoms with Crippen molar-refractivity contribution in [1.82, 2.24) is 5.32 Å². The van der Waals surface area contributed by atoms with Crippen LogP contribution < -0.4 is 15.4 Å². The molecule has 2 fully saturated rings. The number of anilines is 1. The van der Waals surface area contributed by atoms with E-state index in [0.29, 0.717) is 30.8 Å². The minimum Gasteiger partial charge on any atom is -0.345 e. The molecule has 0 radical (unpaired) electrons. The lowest BCUT2D eigenvalue weighted by Crippen LogP contribution is -2.51. The van der Waals surface area contributed by atoms with Crippen molar-refractivity contribution in [3.8, 4) is 0 Å². The average molecular weight is 351 g/mol. The number of hydrogen-bond donors (Lipinski definition) is 2. The third kappa shape index (κ3) is 3.15. The molecule has 0 aromatic heterocycles. The molecule has 1 saturated carbocycles. The molecule has 0 bridgehead atoms. The van der Waals surface area contributed by atoms with E-state index in [1.165, 1.54) is 4.31 Å². The van der Waals surface area contributed by atoms with E-state index in [9.17, 15) is 13.2 Å². The van der Waals surface area contributed by atoms with E-state index in [-0.39, 0.29) is 17.2 Å². The molecule has 0 unspecified atom stereocenters. The van der Waals surface area contributed by atoms with Crippen molar-refractivity contribution >= 4 is 21.6 Å². The highest BCUT2D eigenvalue weighted by atomic mass is 32.2. The van der Waals surface area contributed by atoms with Crippen LogP contribution in [-0.4, -0.2) is 38.7 Å². The van der Waals surface area contributed by atoms with Crippen molar-refractivity contribution in [2.45, 2.75) is 44.6 Å². The molecule has 3 N–H and O–H groups in total. The van der Waals surface area contributed by atoms with Crippen LogP contribution >= 0.6 is 0 Å². The van der Waals surface area contributed by atoms with Crippen LogP contribution in [-0.2, 0) is 10.0 Å². The van der Waals surface area contributed by atoms with Gasteiger partial charge in [0, 0.05) is 18.7 Å². The number of nitrogens with zero attached hydrogens (tertiary/aromatic N) is 1. The topological polar surface area (TPSA) is 92.5 Å². The average Bonchev–Trinajstić information content (AvgIpc) is 3.13. The van der Waals surface area contributed by atoms with E-state index >= 15 is 0 Å². The number of hydrogen-bond acceptors (Lipinski definition) is 4. The number of carbonyl (C=O) groups is 1. The lowest BCUT2D eigenvalue weighted by molar-refractivity contribution is 0.0902. The summed E-state index contributed by atoms with van der Waals surface area (Å²) in [5.74, 6) is 0.0588. The summed E-state index contributed by atoms with van der Waals surface area (Å²) in [6, 6.07) is 5.21. The summed E-state index contributed by atoms with van der Waals surface area (Å²) in [7, 11) is -3.21. The second-order valence-electron chi connectivity index (χ2n) is 6.89. The monoisotopic (exact) mass is 351 g/mol. The summed E-state index contributed by atoms with van der Waals surface area (Å²) in [6.45, 7) is 2.79. The molecule has 1 aliphatic heterocycles. The molecule has 0 atom stereocenters. The van der Waals surface area contributed by atoms with Crippen LogP contribution in [0.1, 0.15) is 48.0 Å². The van der Waals surface area contributed by atoms with Gasteiger partial charge in [0.05, 0.1) is 17.0 Å². The quantitative estimate of drug-likeness (QED) is 0.860. The summed E-state index contributed by atoms with van der Waals surface area (Å²) in [6.07, 6.45) is 4.64. The van der Waals surface area contributed by atoms with Gasteiger partial charge in [-0.2, -0.15) is 0 Å². The largest absolute Gasteiger partial charge is 0.345 e. The molecule has 24 heavy (non-hydrogen) atoms. The molecule has 1 amide bonds. The fraction of sp³-hybridized carbons (Fsp3) is 0.588. The summed E-state index contributed by atoms with van der Waals surface area (Å²) >= 11 is 0. The van der Waals surface area contributed by atoms with Gasteiger partial charge < -0.3 is 11.1 Å². The second-order valence-corrected chi connectivity index (χ2v) is 8.90. The highest BCUT2D eigenvalue weighted by Gasteiger charge is 2.34. The fourth-order valence-electron chi connectivity index (χ4n) is 3.73. The maximum Gasteiger partial charge on any atom is 0.252 e. The predicted octanol–water partition coefficient (Wildman–Crippen LogP) is 1.54. The zero-order valence-electron chi connectivity index (χ0n) is 14.0. The van der Waals surface area contributed by atoms with E-state index in [2.05, 4.69) is 5.32 Å². The Morgan fingerprint density at radius 2 is 2.00 bits per heavy atom. The van der Waals surface area contributed by atoms with Gasteiger partial charge in [-0.05, 0) is 49.9 Å². The standard InChI is InChI=1S/C17H25N3O3S/c1-13-11-14(20-9-4-10-24(20,22)23)5-6-15(13)16(21)19-17(12-18)7-2-3-8-17/h5-6,11H,2-4,7-10,12,18H2,1H3,(H,19,21). The minimum absolute atomic E-state index is 0.129. The Labute approximate surface area is 143 Å². The Hall–Kier alpha value is -1.60. The molecule has 1 saturated heterocycles. The van der Waals surface area contributed by atoms with Crippen LogP contribution in [0.2, 0.25) is 0 Å². The Kier molecular flexibility index (Phi) is 4.57. The fourth-order valence-corrected chi connectivity index (χ4v) is 5.28. The van der Waals surface area contributed by atoms with Gasteiger partial charge in [-0.1, -0.05) is 12.8 Å². The van der Waals surface area contributed by atoms with E-state index in [4.69, 9.17) is 5.73 Å². The number of carbonyl (C=O) groups excluding carboxylic acids is 1. The smallest absolute Gasteiger partial charge is 0.252 e. The third-order valence-electron chi connectivity index (χ3n) is 5.17. The van der Waals surface area contributed by atoms with Gasteiger partial charge in [-0.15, -0.1) is 0 Å². The molecule has 6 nitrogen and oxygen atoms in total. The van der Waals surface area contributed by atoms with E-state index in [0.717, 1.165) is 31.2 Å². The normalized spacial score (nSPS) is 21.8. The SMILES string of the molecule is Cc1cc(N2CCCS2(=O)=O)ccc1C(=O)NC1(CN)CCCC1. The highest BCUT2D eigenvalue weighted by molar-refractivity contribution is 7.93. The van der Waals surface area contributed by atoms with Crippen molar-refractivity contribution in [3.05, 3.63) is 29.3 Å². The maximum absolute atomic E-state index is 12.6. The van der Waals surface area contributed by atoms with Crippen molar-refractivity contribution in [3.63, 3.8) is 0 Å². The zero-order chi connectivity index (χ0) is 17.4. The Bertz CT molecular complexity index is 739. The lowest BCUT2D eigenvalue weighted by atomic mass is 9.96. The van der Waals surface area contributed by atoms with Crippen LogP contribution in [0.3, 0.4) is 0 Å².